The van der Waals surface area contributed by atoms with E-state index in [1.807, 2.05) is 13.8 Å². The van der Waals surface area contributed by atoms with Crippen LogP contribution in [0, 0.1) is 20.8 Å². The Kier molecular flexibility index (Phi) is 9.26. The van der Waals surface area contributed by atoms with Gasteiger partial charge in [0, 0.05) is 31.3 Å². The first kappa shape index (κ1) is 24.3. The lowest BCUT2D eigenvalue weighted by Gasteiger charge is -2.24. The summed E-state index contributed by atoms with van der Waals surface area (Å²) in [5.41, 5.74) is 4.14. The van der Waals surface area contributed by atoms with Gasteiger partial charge < -0.3 is 19.9 Å². The predicted octanol–water partition coefficient (Wildman–Crippen LogP) is 4.30. The van der Waals surface area contributed by atoms with Crippen LogP contribution in [0.1, 0.15) is 48.9 Å². The topological polar surface area (TPSA) is 71.7 Å². The fourth-order valence-corrected chi connectivity index (χ4v) is 2.80. The highest BCUT2D eigenvalue weighted by Crippen LogP contribution is 2.24. The maximum atomic E-state index is 6.12. The van der Waals surface area contributed by atoms with Gasteiger partial charge in [0.15, 0.2) is 5.96 Å². The first-order chi connectivity index (χ1) is 12.7. The van der Waals surface area contributed by atoms with Crippen LogP contribution in [0.15, 0.2) is 27.7 Å². The van der Waals surface area contributed by atoms with E-state index in [-0.39, 0.29) is 29.6 Å². The summed E-state index contributed by atoms with van der Waals surface area (Å²) in [6, 6.07) is 6.27. The average Bonchev–Trinajstić information content (AvgIpc) is 2.89. The molecule has 1 aromatic carbocycles. The van der Waals surface area contributed by atoms with Gasteiger partial charge in [0.25, 0.3) is 0 Å². The van der Waals surface area contributed by atoms with E-state index in [9.17, 15) is 0 Å². The van der Waals surface area contributed by atoms with Gasteiger partial charge in [-0.1, -0.05) is 17.3 Å². The molecule has 156 valence electrons. The molecule has 0 amide bonds. The average molecular weight is 500 g/mol. The van der Waals surface area contributed by atoms with Crippen molar-refractivity contribution in [2.24, 2.45) is 4.99 Å². The summed E-state index contributed by atoms with van der Waals surface area (Å²) in [5.74, 6) is 2.53. The van der Waals surface area contributed by atoms with Crippen LogP contribution >= 0.6 is 24.0 Å². The van der Waals surface area contributed by atoms with E-state index in [1.54, 1.807) is 7.05 Å². The molecule has 28 heavy (non-hydrogen) atoms. The minimum Gasteiger partial charge on any atom is -0.488 e. The number of aryl methyl sites for hydroxylation is 3. The highest BCUT2D eigenvalue weighted by molar-refractivity contribution is 14.0. The molecule has 7 heteroatoms. The Morgan fingerprint density at radius 1 is 1.18 bits per heavy atom. The van der Waals surface area contributed by atoms with Crippen LogP contribution in [0.4, 0.5) is 0 Å². The molecular weight excluding hydrogens is 467 g/mol. The molecule has 0 aliphatic rings. The van der Waals surface area contributed by atoms with Crippen molar-refractivity contribution in [2.75, 3.05) is 13.6 Å². The minimum atomic E-state index is -0.239. The number of ether oxygens (including phenoxy) is 1. The van der Waals surface area contributed by atoms with Crippen LogP contribution in [-0.2, 0) is 13.0 Å². The van der Waals surface area contributed by atoms with Crippen LogP contribution in [0.5, 0.6) is 5.75 Å². The van der Waals surface area contributed by atoms with Gasteiger partial charge >= 0.3 is 0 Å². The van der Waals surface area contributed by atoms with Crippen LogP contribution in [0.3, 0.4) is 0 Å². The molecule has 0 saturated carbocycles. The molecule has 0 fully saturated rings. The number of guanidine groups is 1. The molecule has 2 rings (SSSR count). The maximum absolute atomic E-state index is 6.12. The normalized spacial score (nSPS) is 11.8. The third-order valence-corrected chi connectivity index (χ3v) is 4.16. The van der Waals surface area contributed by atoms with E-state index in [2.05, 4.69) is 66.7 Å². The van der Waals surface area contributed by atoms with Crippen LogP contribution < -0.4 is 15.4 Å². The zero-order valence-corrected chi connectivity index (χ0v) is 20.3. The number of benzene rings is 1. The second kappa shape index (κ2) is 10.7. The maximum Gasteiger partial charge on any atom is 0.191 e. The molecule has 6 nitrogen and oxygen atoms in total. The molecule has 0 bridgehead atoms. The fourth-order valence-electron chi connectivity index (χ4n) is 2.80. The largest absolute Gasteiger partial charge is 0.488 e. The van der Waals surface area contributed by atoms with Gasteiger partial charge in [0.2, 0.25) is 0 Å². The third-order valence-electron chi connectivity index (χ3n) is 4.16. The Balaban J connectivity index is 0.00000392. The van der Waals surface area contributed by atoms with Gasteiger partial charge in [-0.25, -0.2) is 0 Å². The smallest absolute Gasteiger partial charge is 0.191 e. The van der Waals surface area contributed by atoms with Gasteiger partial charge in [-0.15, -0.1) is 24.0 Å². The van der Waals surface area contributed by atoms with Gasteiger partial charge in [-0.3, -0.25) is 4.99 Å². The van der Waals surface area contributed by atoms with E-state index in [4.69, 9.17) is 9.26 Å². The van der Waals surface area contributed by atoms with Crippen molar-refractivity contribution in [2.45, 2.75) is 60.1 Å². The SMILES string of the molecule is CN=C(NCCc1c(C)noc1C)NCc1ccc(C)cc1OC(C)(C)C.I. The Labute approximate surface area is 185 Å². The highest BCUT2D eigenvalue weighted by Gasteiger charge is 2.15. The number of nitrogens with one attached hydrogen (secondary N) is 2. The second-order valence-corrected chi connectivity index (χ2v) is 7.73. The Hall–Kier alpha value is -1.77. The number of hydrogen-bond donors (Lipinski definition) is 2. The van der Waals surface area contributed by atoms with E-state index in [0.717, 1.165) is 47.3 Å². The molecule has 0 radical (unpaired) electrons. The van der Waals surface area contributed by atoms with Gasteiger partial charge in [-0.05, 0) is 59.6 Å². The van der Waals surface area contributed by atoms with Crippen LogP contribution in [0.25, 0.3) is 0 Å². The van der Waals surface area contributed by atoms with E-state index < -0.39 is 0 Å². The molecule has 1 heterocycles. The zero-order valence-electron chi connectivity index (χ0n) is 18.0. The van der Waals surface area contributed by atoms with Gasteiger partial charge in [0.1, 0.15) is 17.1 Å². The number of aliphatic imine (C=N–C) groups is 1. The zero-order chi connectivity index (χ0) is 20.0. The number of aromatic nitrogens is 1. The van der Waals surface area contributed by atoms with Gasteiger partial charge in [0.05, 0.1) is 5.69 Å². The third kappa shape index (κ3) is 7.33. The summed E-state index contributed by atoms with van der Waals surface area (Å²) in [7, 11) is 1.77. The van der Waals surface area contributed by atoms with Crippen molar-refractivity contribution in [3.63, 3.8) is 0 Å². The molecule has 1 aromatic heterocycles. The molecule has 0 aliphatic carbocycles. The van der Waals surface area contributed by atoms with Crippen molar-refractivity contribution in [1.29, 1.82) is 0 Å². The molecule has 0 atom stereocenters. The Bertz CT molecular complexity index is 775. The number of nitrogens with zero attached hydrogens (tertiary/aromatic N) is 2. The first-order valence-electron chi connectivity index (χ1n) is 9.34. The lowest BCUT2D eigenvalue weighted by atomic mass is 10.1. The fraction of sp³-hybridized carbons (Fsp3) is 0.524. The van der Waals surface area contributed by atoms with E-state index in [0.29, 0.717) is 6.54 Å². The van der Waals surface area contributed by atoms with Crippen molar-refractivity contribution >= 4 is 29.9 Å². The molecule has 0 unspecified atom stereocenters. The number of halogens is 1. The summed E-state index contributed by atoms with van der Waals surface area (Å²) in [6.07, 6.45) is 0.838. The summed E-state index contributed by atoms with van der Waals surface area (Å²) in [5, 5.41) is 10.7. The summed E-state index contributed by atoms with van der Waals surface area (Å²) >= 11 is 0. The number of hydrogen-bond acceptors (Lipinski definition) is 4. The lowest BCUT2D eigenvalue weighted by Crippen LogP contribution is -2.38. The summed E-state index contributed by atoms with van der Waals surface area (Å²) < 4.78 is 11.3. The van der Waals surface area contributed by atoms with Crippen molar-refractivity contribution in [3.05, 3.63) is 46.3 Å². The highest BCUT2D eigenvalue weighted by atomic mass is 127. The summed E-state index contributed by atoms with van der Waals surface area (Å²) in [4.78, 5) is 4.30. The monoisotopic (exact) mass is 500 g/mol. The molecule has 0 spiro atoms. The molecule has 2 aromatic rings. The summed E-state index contributed by atoms with van der Waals surface area (Å²) in [6.45, 7) is 13.5. The van der Waals surface area contributed by atoms with E-state index >= 15 is 0 Å². The molecule has 2 N–H and O–H groups in total. The number of rotatable bonds is 6. The quantitative estimate of drug-likeness (QED) is 0.352. The van der Waals surface area contributed by atoms with Crippen molar-refractivity contribution in [3.8, 4) is 5.75 Å². The van der Waals surface area contributed by atoms with Crippen LogP contribution in [-0.4, -0.2) is 30.3 Å². The van der Waals surface area contributed by atoms with Gasteiger partial charge in [-0.2, -0.15) is 0 Å². The standard InChI is InChI=1S/C21H32N4O2.HI/c1-14-8-9-17(19(12-14)26-21(4,5)6)13-24-20(22-7)23-11-10-18-15(2)25-27-16(18)3;/h8-9,12H,10-11,13H2,1-7H3,(H2,22,23,24);1H. The lowest BCUT2D eigenvalue weighted by molar-refractivity contribution is 0.129. The molecule has 0 aliphatic heterocycles. The minimum absolute atomic E-state index is 0. The predicted molar refractivity (Wildman–Crippen MR) is 125 cm³/mol. The van der Waals surface area contributed by atoms with Crippen molar-refractivity contribution < 1.29 is 9.26 Å². The van der Waals surface area contributed by atoms with Crippen LogP contribution in [0.2, 0.25) is 0 Å². The Morgan fingerprint density at radius 2 is 1.89 bits per heavy atom. The second-order valence-electron chi connectivity index (χ2n) is 7.73. The molecule has 0 saturated heterocycles. The Morgan fingerprint density at radius 3 is 2.46 bits per heavy atom. The van der Waals surface area contributed by atoms with E-state index in [1.165, 1.54) is 5.56 Å². The molecular formula is C21H33IN4O2. The first-order valence-corrected chi connectivity index (χ1v) is 9.34. The van der Waals surface area contributed by atoms with Crippen molar-refractivity contribution in [1.82, 2.24) is 15.8 Å².